The number of aromatic nitrogens is 4. The van der Waals surface area contributed by atoms with Crippen LogP contribution in [0.15, 0.2) is 60.9 Å². The number of fused-ring (bicyclic) bond motifs is 2. The van der Waals surface area contributed by atoms with Gasteiger partial charge in [-0.3, -0.25) is 4.98 Å². The molecule has 0 spiro atoms. The van der Waals surface area contributed by atoms with Crippen LogP contribution in [0.3, 0.4) is 0 Å². The molecule has 6 rings (SSSR count). The third kappa shape index (κ3) is 4.80. The molecule has 1 unspecified atom stereocenters. The van der Waals surface area contributed by atoms with E-state index in [0.29, 0.717) is 18.2 Å². The Bertz CT molecular complexity index is 1600. The van der Waals surface area contributed by atoms with Gasteiger partial charge in [-0.2, -0.15) is 4.98 Å². The van der Waals surface area contributed by atoms with Crippen molar-refractivity contribution in [2.45, 2.75) is 44.6 Å². The highest BCUT2D eigenvalue weighted by molar-refractivity contribution is 7.21. The van der Waals surface area contributed by atoms with Gasteiger partial charge in [0.1, 0.15) is 22.4 Å². The number of hydrogen-bond acceptors (Lipinski definition) is 10. The Morgan fingerprint density at radius 3 is 2.64 bits per heavy atom. The Hall–Kier alpha value is -3.70. The number of nitrogens with one attached hydrogen (secondary N) is 2. The first-order valence-corrected chi connectivity index (χ1v) is 13.8. The molecule has 2 aromatic carbocycles. The van der Waals surface area contributed by atoms with Crippen molar-refractivity contribution in [2.24, 2.45) is 5.92 Å². The zero-order chi connectivity index (χ0) is 27.1. The Kier molecular flexibility index (Phi) is 6.86. The lowest BCUT2D eigenvalue weighted by Crippen LogP contribution is -2.35. The summed E-state index contributed by atoms with van der Waals surface area (Å²) in [5, 5.41) is 40.7. The first-order valence-electron chi connectivity index (χ1n) is 13.0. The van der Waals surface area contributed by atoms with Crippen molar-refractivity contribution in [3.63, 3.8) is 0 Å². The summed E-state index contributed by atoms with van der Waals surface area (Å²) in [6.07, 6.45) is 1.80. The molecule has 5 N–H and O–H groups in total. The fourth-order valence-electron chi connectivity index (χ4n) is 5.41. The maximum Gasteiger partial charge on any atom is 0.225 e. The van der Waals surface area contributed by atoms with Crippen molar-refractivity contribution in [1.29, 1.82) is 0 Å². The van der Waals surface area contributed by atoms with Gasteiger partial charge in [-0.25, -0.2) is 9.97 Å². The van der Waals surface area contributed by atoms with Crippen LogP contribution in [0, 0.1) is 12.8 Å². The standard InChI is InChI=1S/C29H30N6O3S/c1-15(19-9-5-7-17-6-3-4-8-20(17)19)31-29-32-16(2)24(28-34-22-13-30-11-10-23(22)39-28)27(35-29)33-21-12-18(14-36)25(37)26(21)38/h3-11,13,15,18,21,25-26,36-38H,12,14H2,1-2H3,(H2,31,32,33,35)/t15-,18-,21?,25-,26+/m1/s1. The van der Waals surface area contributed by atoms with Gasteiger partial charge in [0, 0.05) is 18.7 Å². The van der Waals surface area contributed by atoms with E-state index in [0.717, 1.165) is 42.8 Å². The highest BCUT2D eigenvalue weighted by Gasteiger charge is 2.41. The summed E-state index contributed by atoms with van der Waals surface area (Å²) in [7, 11) is 0. The molecule has 0 radical (unpaired) electrons. The first kappa shape index (κ1) is 25.6. The summed E-state index contributed by atoms with van der Waals surface area (Å²) in [6.45, 7) is 3.79. The molecule has 9 nitrogen and oxygen atoms in total. The lowest BCUT2D eigenvalue weighted by atomic mass is 10.00. The third-order valence-corrected chi connectivity index (χ3v) is 8.54. The summed E-state index contributed by atoms with van der Waals surface area (Å²) in [4.78, 5) is 18.6. The fraction of sp³-hybridized carbons (Fsp3) is 0.310. The Balaban J connectivity index is 1.39. The number of rotatable bonds is 7. The monoisotopic (exact) mass is 542 g/mol. The van der Waals surface area contributed by atoms with Crippen molar-refractivity contribution in [3.8, 4) is 10.6 Å². The number of aliphatic hydroxyl groups is 3. The van der Waals surface area contributed by atoms with Crippen molar-refractivity contribution < 1.29 is 15.3 Å². The van der Waals surface area contributed by atoms with E-state index < -0.39 is 24.2 Å². The molecule has 5 aromatic rings. The molecular weight excluding hydrogens is 512 g/mol. The summed E-state index contributed by atoms with van der Waals surface area (Å²) >= 11 is 1.52. The number of anilines is 2. The fourth-order valence-corrected chi connectivity index (χ4v) is 6.44. The number of thiazole rings is 1. The van der Waals surface area contributed by atoms with E-state index in [1.165, 1.54) is 11.3 Å². The lowest BCUT2D eigenvalue weighted by molar-refractivity contribution is 0.00446. The maximum absolute atomic E-state index is 10.7. The number of nitrogens with zero attached hydrogens (tertiary/aromatic N) is 4. The van der Waals surface area contributed by atoms with E-state index in [-0.39, 0.29) is 12.6 Å². The van der Waals surface area contributed by atoms with Gasteiger partial charge in [-0.15, -0.1) is 11.3 Å². The normalized spacial score (nSPS) is 21.9. The molecule has 5 atom stereocenters. The van der Waals surface area contributed by atoms with Gasteiger partial charge in [0.2, 0.25) is 5.95 Å². The largest absolute Gasteiger partial charge is 0.396 e. The second-order valence-corrected chi connectivity index (χ2v) is 11.1. The predicted octanol–water partition coefficient (Wildman–Crippen LogP) is 4.30. The topological polar surface area (TPSA) is 136 Å². The predicted molar refractivity (Wildman–Crippen MR) is 154 cm³/mol. The molecule has 1 saturated carbocycles. The van der Waals surface area contributed by atoms with Crippen LogP contribution in [0.2, 0.25) is 0 Å². The minimum Gasteiger partial charge on any atom is -0.396 e. The highest BCUT2D eigenvalue weighted by atomic mass is 32.1. The minimum absolute atomic E-state index is 0.0830. The van der Waals surface area contributed by atoms with E-state index >= 15 is 0 Å². The number of pyridine rings is 1. The molecule has 0 aliphatic heterocycles. The van der Waals surface area contributed by atoms with E-state index in [2.05, 4.69) is 46.8 Å². The number of aliphatic hydroxyl groups excluding tert-OH is 3. The molecule has 39 heavy (non-hydrogen) atoms. The van der Waals surface area contributed by atoms with Gasteiger partial charge in [0.05, 0.1) is 40.3 Å². The van der Waals surface area contributed by atoms with Crippen LogP contribution in [0.5, 0.6) is 0 Å². The number of hydrogen-bond donors (Lipinski definition) is 5. The Morgan fingerprint density at radius 2 is 1.85 bits per heavy atom. The van der Waals surface area contributed by atoms with Crippen LogP contribution < -0.4 is 10.6 Å². The van der Waals surface area contributed by atoms with E-state index in [9.17, 15) is 15.3 Å². The molecule has 3 aromatic heterocycles. The molecule has 0 bridgehead atoms. The van der Waals surface area contributed by atoms with Crippen LogP contribution in [0.1, 0.15) is 30.6 Å². The second-order valence-electron chi connectivity index (χ2n) is 10.1. The van der Waals surface area contributed by atoms with Crippen molar-refractivity contribution in [1.82, 2.24) is 19.9 Å². The van der Waals surface area contributed by atoms with Gasteiger partial charge in [0.15, 0.2) is 0 Å². The van der Waals surface area contributed by atoms with E-state index in [1.807, 2.05) is 31.2 Å². The van der Waals surface area contributed by atoms with E-state index in [1.54, 1.807) is 12.4 Å². The van der Waals surface area contributed by atoms with Gasteiger partial charge in [-0.05, 0) is 42.7 Å². The molecule has 3 heterocycles. The van der Waals surface area contributed by atoms with Crippen LogP contribution in [0.4, 0.5) is 11.8 Å². The van der Waals surface area contributed by atoms with Gasteiger partial charge < -0.3 is 26.0 Å². The van der Waals surface area contributed by atoms with Crippen molar-refractivity contribution in [2.75, 3.05) is 17.2 Å². The molecule has 1 fully saturated rings. The molecule has 10 heteroatoms. The minimum atomic E-state index is -1.05. The quantitative estimate of drug-likeness (QED) is 0.204. The number of benzene rings is 2. The molecule has 0 saturated heterocycles. The summed E-state index contributed by atoms with van der Waals surface area (Å²) in [5.41, 5.74) is 3.37. The van der Waals surface area contributed by atoms with Crippen molar-refractivity contribution >= 4 is 44.1 Å². The molecule has 200 valence electrons. The molecule has 1 aliphatic rings. The van der Waals surface area contributed by atoms with Crippen LogP contribution in [-0.2, 0) is 0 Å². The summed E-state index contributed by atoms with van der Waals surface area (Å²) in [6, 6.07) is 15.8. The molecule has 0 amide bonds. The van der Waals surface area contributed by atoms with Gasteiger partial charge in [0.25, 0.3) is 0 Å². The third-order valence-electron chi connectivity index (χ3n) is 7.49. The van der Waals surface area contributed by atoms with Gasteiger partial charge in [-0.1, -0.05) is 42.5 Å². The average molecular weight is 543 g/mol. The summed E-state index contributed by atoms with van der Waals surface area (Å²) < 4.78 is 0.994. The summed E-state index contributed by atoms with van der Waals surface area (Å²) in [5.74, 6) is 0.534. The lowest BCUT2D eigenvalue weighted by Gasteiger charge is -2.22. The average Bonchev–Trinajstić information content (AvgIpc) is 3.48. The maximum atomic E-state index is 10.7. The number of aryl methyl sites for hydroxylation is 1. The van der Waals surface area contributed by atoms with Crippen LogP contribution in [0.25, 0.3) is 31.6 Å². The molecular formula is C29H30N6O3S. The van der Waals surface area contributed by atoms with Crippen LogP contribution in [-0.4, -0.2) is 60.1 Å². The first-order chi connectivity index (χ1) is 18.9. The SMILES string of the molecule is Cc1nc(N[C@H](C)c2cccc3ccccc23)nc(NC2C[C@H](CO)[C@@H](O)[C@H]2O)c1-c1nc2cnccc2s1. The van der Waals surface area contributed by atoms with Gasteiger partial charge >= 0.3 is 0 Å². The van der Waals surface area contributed by atoms with E-state index in [4.69, 9.17) is 15.0 Å². The smallest absolute Gasteiger partial charge is 0.225 e. The second kappa shape index (κ2) is 10.5. The highest BCUT2D eigenvalue weighted by Crippen LogP contribution is 2.38. The van der Waals surface area contributed by atoms with Crippen LogP contribution >= 0.6 is 11.3 Å². The Labute approximate surface area is 229 Å². The van der Waals surface area contributed by atoms with Crippen molar-refractivity contribution in [3.05, 3.63) is 72.2 Å². The Morgan fingerprint density at radius 1 is 1.03 bits per heavy atom. The zero-order valence-electron chi connectivity index (χ0n) is 21.6. The zero-order valence-corrected chi connectivity index (χ0v) is 22.4. The molecule has 1 aliphatic carbocycles.